The van der Waals surface area contributed by atoms with Crippen LogP contribution in [0.1, 0.15) is 0 Å². The number of aromatic amines is 1. The fourth-order valence-corrected chi connectivity index (χ4v) is 5.70. The Bertz CT molecular complexity index is 1470. The van der Waals surface area contributed by atoms with Gasteiger partial charge in [0, 0.05) is 41.0 Å². The number of benzene rings is 3. The Morgan fingerprint density at radius 2 is 1.89 bits per heavy atom. The van der Waals surface area contributed by atoms with E-state index < -0.39 is 0 Å². The molecular weight excluding hydrogens is 465 g/mol. The summed E-state index contributed by atoms with van der Waals surface area (Å²) in [6.45, 7) is 2.75. The standard InChI is InChI=1S/C27H24FN3O3S/c28-13-17-15-31(16-17)10-11-33-20-4-6-21(7-5-20)34-25-22-8-9-24-23(14-29-30-24)27(22)35-26(25)18-2-1-3-19(32)12-18/h1-9,12,14,17,32H,10-11,13,15-16H2,(H,29,30). The number of aromatic hydroxyl groups is 1. The molecule has 35 heavy (non-hydrogen) atoms. The second kappa shape index (κ2) is 9.20. The third kappa shape index (κ3) is 4.31. The summed E-state index contributed by atoms with van der Waals surface area (Å²) in [5.41, 5.74) is 1.85. The Morgan fingerprint density at radius 1 is 1.06 bits per heavy atom. The fraction of sp³-hybridized carbons (Fsp3) is 0.222. The monoisotopic (exact) mass is 489 g/mol. The number of alkyl halides is 1. The van der Waals surface area contributed by atoms with Crippen LogP contribution >= 0.6 is 11.3 Å². The van der Waals surface area contributed by atoms with E-state index in [0.29, 0.717) is 12.4 Å². The van der Waals surface area contributed by atoms with Crippen LogP contribution in [0.3, 0.4) is 0 Å². The van der Waals surface area contributed by atoms with Crippen LogP contribution in [0.4, 0.5) is 4.39 Å². The fourth-order valence-electron chi connectivity index (χ4n) is 4.46. The number of aromatic nitrogens is 2. The molecule has 0 aliphatic carbocycles. The summed E-state index contributed by atoms with van der Waals surface area (Å²) in [5.74, 6) is 2.60. The van der Waals surface area contributed by atoms with E-state index in [1.807, 2.05) is 54.7 Å². The van der Waals surface area contributed by atoms with Crippen LogP contribution in [0.5, 0.6) is 23.0 Å². The molecule has 1 aliphatic rings. The van der Waals surface area contributed by atoms with Gasteiger partial charge in [0.2, 0.25) is 0 Å². The van der Waals surface area contributed by atoms with Crippen LogP contribution in [0.15, 0.2) is 66.9 Å². The number of ether oxygens (including phenoxy) is 2. The lowest BCUT2D eigenvalue weighted by molar-refractivity contribution is 0.0668. The Balaban J connectivity index is 1.25. The number of thiophene rings is 1. The highest BCUT2D eigenvalue weighted by atomic mass is 32.1. The van der Waals surface area contributed by atoms with E-state index in [0.717, 1.165) is 62.6 Å². The summed E-state index contributed by atoms with van der Waals surface area (Å²) in [5, 5.41) is 19.3. The minimum atomic E-state index is -0.238. The third-order valence-corrected chi connectivity index (χ3v) is 7.58. The van der Waals surface area contributed by atoms with Crippen molar-refractivity contribution in [3.8, 4) is 33.4 Å². The Kier molecular flexibility index (Phi) is 5.75. The lowest BCUT2D eigenvalue weighted by atomic mass is 10.0. The summed E-state index contributed by atoms with van der Waals surface area (Å²) in [6.07, 6.45) is 1.83. The van der Waals surface area contributed by atoms with E-state index in [4.69, 9.17) is 9.47 Å². The SMILES string of the molecule is Oc1cccc(-c2sc3c(ccc4[nH]ncc43)c2Oc2ccc(OCCN3CC(CF)C3)cc2)c1. The average molecular weight is 490 g/mol. The van der Waals surface area contributed by atoms with Gasteiger partial charge in [-0.15, -0.1) is 11.3 Å². The lowest BCUT2D eigenvalue weighted by Crippen LogP contribution is -2.49. The Hall–Kier alpha value is -3.62. The lowest BCUT2D eigenvalue weighted by Gasteiger charge is -2.37. The summed E-state index contributed by atoms with van der Waals surface area (Å²) in [6, 6.07) is 18.8. The van der Waals surface area contributed by atoms with Gasteiger partial charge < -0.3 is 14.6 Å². The zero-order chi connectivity index (χ0) is 23.8. The average Bonchev–Trinajstić information content (AvgIpc) is 3.46. The van der Waals surface area contributed by atoms with Gasteiger partial charge in [-0.1, -0.05) is 12.1 Å². The predicted molar refractivity (Wildman–Crippen MR) is 136 cm³/mol. The first-order valence-corrected chi connectivity index (χ1v) is 12.4. The molecule has 178 valence electrons. The number of hydrogen-bond acceptors (Lipinski definition) is 6. The molecule has 8 heteroatoms. The van der Waals surface area contributed by atoms with Gasteiger partial charge in [-0.25, -0.2) is 0 Å². The van der Waals surface area contributed by atoms with Gasteiger partial charge in [0.25, 0.3) is 0 Å². The number of hydrogen-bond donors (Lipinski definition) is 2. The van der Waals surface area contributed by atoms with Gasteiger partial charge in [-0.3, -0.25) is 14.4 Å². The molecule has 2 aromatic heterocycles. The van der Waals surface area contributed by atoms with Crippen molar-refractivity contribution in [2.24, 2.45) is 5.92 Å². The van der Waals surface area contributed by atoms with Gasteiger partial charge >= 0.3 is 0 Å². The first-order chi connectivity index (χ1) is 17.2. The number of H-pyrrole nitrogens is 1. The molecule has 0 saturated carbocycles. The first-order valence-electron chi connectivity index (χ1n) is 11.5. The molecule has 6 rings (SSSR count). The van der Waals surface area contributed by atoms with E-state index in [2.05, 4.69) is 15.1 Å². The quantitative estimate of drug-likeness (QED) is 0.271. The van der Waals surface area contributed by atoms with Crippen molar-refractivity contribution in [3.63, 3.8) is 0 Å². The van der Waals surface area contributed by atoms with Crippen molar-refractivity contribution < 1.29 is 19.0 Å². The molecule has 0 unspecified atom stereocenters. The van der Waals surface area contributed by atoms with E-state index in [1.165, 1.54) is 0 Å². The molecule has 0 bridgehead atoms. The van der Waals surface area contributed by atoms with Crippen LogP contribution < -0.4 is 9.47 Å². The van der Waals surface area contributed by atoms with Gasteiger partial charge in [0.05, 0.1) is 23.3 Å². The van der Waals surface area contributed by atoms with Crippen LogP contribution in [0, 0.1) is 5.92 Å². The highest BCUT2D eigenvalue weighted by molar-refractivity contribution is 7.23. The second-order valence-electron chi connectivity index (χ2n) is 8.79. The van der Waals surface area contributed by atoms with Crippen molar-refractivity contribution in [1.82, 2.24) is 15.1 Å². The zero-order valence-corrected chi connectivity index (χ0v) is 19.7. The summed E-state index contributed by atoms with van der Waals surface area (Å²) < 4.78 is 25.9. The molecule has 1 fully saturated rings. The smallest absolute Gasteiger partial charge is 0.153 e. The zero-order valence-electron chi connectivity index (χ0n) is 18.9. The highest BCUT2D eigenvalue weighted by Gasteiger charge is 2.25. The molecule has 2 N–H and O–H groups in total. The molecule has 5 aromatic rings. The maximum atomic E-state index is 12.6. The molecule has 0 amide bonds. The number of fused-ring (bicyclic) bond motifs is 3. The number of nitrogens with zero attached hydrogens (tertiary/aromatic N) is 2. The van der Waals surface area contributed by atoms with Crippen molar-refractivity contribution in [2.45, 2.75) is 0 Å². The number of phenolic OH excluding ortho intramolecular Hbond substituents is 1. The van der Waals surface area contributed by atoms with Crippen LogP contribution in [-0.4, -0.2) is 53.1 Å². The molecule has 1 aliphatic heterocycles. The van der Waals surface area contributed by atoms with Gasteiger partial charge in [0.1, 0.15) is 23.9 Å². The van der Waals surface area contributed by atoms with Gasteiger partial charge in [-0.2, -0.15) is 5.10 Å². The van der Waals surface area contributed by atoms with Gasteiger partial charge in [-0.05, 0) is 54.1 Å². The van der Waals surface area contributed by atoms with E-state index in [-0.39, 0.29) is 18.3 Å². The highest BCUT2D eigenvalue weighted by Crippen LogP contribution is 2.48. The molecule has 1 saturated heterocycles. The molecular formula is C27H24FN3O3S. The molecule has 0 radical (unpaired) electrons. The minimum Gasteiger partial charge on any atom is -0.508 e. The third-order valence-electron chi connectivity index (χ3n) is 6.31. The number of likely N-dealkylation sites (tertiary alicyclic amines) is 1. The largest absolute Gasteiger partial charge is 0.508 e. The first kappa shape index (κ1) is 21.9. The normalized spacial score (nSPS) is 14.4. The molecule has 6 nitrogen and oxygen atoms in total. The molecule has 0 spiro atoms. The van der Waals surface area contributed by atoms with E-state index >= 15 is 0 Å². The summed E-state index contributed by atoms with van der Waals surface area (Å²) in [4.78, 5) is 3.13. The van der Waals surface area contributed by atoms with Crippen molar-refractivity contribution in [1.29, 1.82) is 0 Å². The van der Waals surface area contributed by atoms with Crippen molar-refractivity contribution in [3.05, 3.63) is 66.9 Å². The van der Waals surface area contributed by atoms with Crippen LogP contribution in [-0.2, 0) is 0 Å². The van der Waals surface area contributed by atoms with E-state index in [9.17, 15) is 9.50 Å². The maximum Gasteiger partial charge on any atom is 0.153 e. The van der Waals surface area contributed by atoms with Gasteiger partial charge in [0.15, 0.2) is 5.75 Å². The number of phenols is 1. The minimum absolute atomic E-state index is 0.189. The topological polar surface area (TPSA) is 70.6 Å². The molecule has 3 heterocycles. The number of nitrogens with one attached hydrogen (secondary N) is 1. The maximum absolute atomic E-state index is 12.6. The number of halogens is 1. The number of rotatable bonds is 8. The Labute approximate surface area is 205 Å². The van der Waals surface area contributed by atoms with Crippen molar-refractivity contribution in [2.75, 3.05) is 32.9 Å². The molecule has 0 atom stereocenters. The van der Waals surface area contributed by atoms with Crippen LogP contribution in [0.25, 0.3) is 31.4 Å². The summed E-state index contributed by atoms with van der Waals surface area (Å²) in [7, 11) is 0. The van der Waals surface area contributed by atoms with E-state index in [1.54, 1.807) is 23.5 Å². The predicted octanol–water partition coefficient (Wildman–Crippen LogP) is 6.22. The van der Waals surface area contributed by atoms with Crippen LogP contribution in [0.2, 0.25) is 0 Å². The second-order valence-corrected chi connectivity index (χ2v) is 9.81. The van der Waals surface area contributed by atoms with Crippen molar-refractivity contribution >= 4 is 32.3 Å². The molecule has 3 aromatic carbocycles. The Morgan fingerprint density at radius 3 is 2.69 bits per heavy atom. The summed E-state index contributed by atoms with van der Waals surface area (Å²) >= 11 is 1.62.